The number of hydrogen-bond donors (Lipinski definition) is 1. The first-order valence-corrected chi connectivity index (χ1v) is 14.5. The predicted molar refractivity (Wildman–Crippen MR) is 130 cm³/mol. The topological polar surface area (TPSA) is 60.5 Å². The normalized spacial score (nSPS) is 16.7. The summed E-state index contributed by atoms with van der Waals surface area (Å²) in [5, 5.41) is 1.71. The van der Waals surface area contributed by atoms with Crippen LogP contribution in [0.5, 0.6) is 5.75 Å². The molecule has 172 valence electrons. The number of unbranched alkanes of at least 4 members (excludes halogenated alkanes) is 2. The zero-order valence-corrected chi connectivity index (χ0v) is 21.3. The number of pyridine rings is 1. The van der Waals surface area contributed by atoms with E-state index < -0.39 is 8.32 Å². The second-order valence-electron chi connectivity index (χ2n) is 10.3. The minimum Gasteiger partial charge on any atom is -0.466 e. The van der Waals surface area contributed by atoms with E-state index in [1.807, 2.05) is 0 Å². The van der Waals surface area contributed by atoms with Gasteiger partial charge in [0.05, 0.1) is 11.5 Å². The lowest BCUT2D eigenvalue weighted by Crippen LogP contribution is -2.41. The largest absolute Gasteiger partial charge is 0.466 e. The van der Waals surface area contributed by atoms with Gasteiger partial charge in [0.25, 0.3) is 5.56 Å². The number of aromatic nitrogens is 1. The van der Waals surface area contributed by atoms with Crippen LogP contribution in [0.4, 0.5) is 0 Å². The maximum Gasteiger partial charge on any atom is 0.259 e. The molecule has 1 atom stereocenters. The van der Waals surface area contributed by atoms with Gasteiger partial charge in [-0.2, -0.15) is 0 Å². The maximum atomic E-state index is 13.1. The lowest BCUT2D eigenvalue weighted by molar-refractivity contribution is 0.0515. The lowest BCUT2D eigenvalue weighted by atomic mass is 10.0. The predicted octanol–water partition coefficient (Wildman–Crippen LogP) is 6.25. The molecule has 1 unspecified atom stereocenters. The van der Waals surface area contributed by atoms with Gasteiger partial charge in [0.2, 0.25) is 0 Å². The van der Waals surface area contributed by atoms with Gasteiger partial charge >= 0.3 is 0 Å². The zero-order valence-electron chi connectivity index (χ0n) is 20.3. The van der Waals surface area contributed by atoms with Crippen LogP contribution in [0, 0.1) is 0 Å². The summed E-state index contributed by atoms with van der Waals surface area (Å²) in [7, 11) is -0.324. The Balaban J connectivity index is 2.08. The average Bonchev–Trinajstić information content (AvgIpc) is 3.06. The third kappa shape index (κ3) is 5.07. The molecule has 0 amide bonds. The molecule has 0 fully saturated rings. The van der Waals surface area contributed by atoms with Gasteiger partial charge in [0.15, 0.2) is 15.1 Å². The monoisotopic (exact) mass is 445 g/mol. The van der Waals surface area contributed by atoms with Crippen molar-refractivity contribution >= 4 is 19.1 Å². The highest BCUT2D eigenvalue weighted by atomic mass is 28.4. The zero-order chi connectivity index (χ0) is 22.8. The van der Waals surface area contributed by atoms with Gasteiger partial charge in [-0.3, -0.25) is 4.79 Å². The van der Waals surface area contributed by atoms with Crippen molar-refractivity contribution in [1.82, 2.24) is 4.98 Å². The van der Waals surface area contributed by atoms with Crippen LogP contribution in [0.25, 0.3) is 10.8 Å². The van der Waals surface area contributed by atoms with Crippen molar-refractivity contribution in [3.8, 4) is 5.75 Å². The molecule has 2 aromatic rings. The van der Waals surface area contributed by atoms with Crippen LogP contribution in [0.15, 0.2) is 16.9 Å². The Morgan fingerprint density at radius 3 is 2.58 bits per heavy atom. The van der Waals surface area contributed by atoms with Crippen LogP contribution < -0.4 is 10.3 Å². The molecule has 1 heterocycles. The maximum absolute atomic E-state index is 13.1. The molecule has 1 aliphatic carbocycles. The van der Waals surface area contributed by atoms with Crippen LogP contribution in [-0.4, -0.2) is 27.2 Å². The summed E-state index contributed by atoms with van der Waals surface area (Å²) in [5.41, 5.74) is 3.18. The van der Waals surface area contributed by atoms with Crippen LogP contribution in [0.2, 0.25) is 18.1 Å². The first-order valence-electron chi connectivity index (χ1n) is 11.6. The minimum absolute atomic E-state index is 0.0491. The Bertz CT molecular complexity index is 974. The molecule has 0 saturated heterocycles. The van der Waals surface area contributed by atoms with Crippen LogP contribution in [-0.2, 0) is 22.0 Å². The van der Waals surface area contributed by atoms with E-state index in [0.717, 1.165) is 55.2 Å². The minimum atomic E-state index is -1.93. The van der Waals surface area contributed by atoms with Crippen molar-refractivity contribution < 1.29 is 13.9 Å². The molecule has 0 spiro atoms. The number of H-pyrrole nitrogens is 1. The number of rotatable bonds is 9. The Hall–Kier alpha value is -1.63. The van der Waals surface area contributed by atoms with E-state index in [4.69, 9.17) is 13.9 Å². The van der Waals surface area contributed by atoms with Gasteiger partial charge in [0.1, 0.15) is 5.75 Å². The summed E-state index contributed by atoms with van der Waals surface area (Å²) in [6, 6.07) is 4.29. The summed E-state index contributed by atoms with van der Waals surface area (Å²) in [6.45, 7) is 13.7. The highest BCUT2D eigenvalue weighted by molar-refractivity contribution is 6.74. The molecule has 6 heteroatoms. The first kappa shape index (κ1) is 24.0. The van der Waals surface area contributed by atoms with Crippen molar-refractivity contribution in [3.05, 3.63) is 39.3 Å². The highest BCUT2D eigenvalue weighted by Gasteiger charge is 2.41. The second kappa shape index (κ2) is 9.47. The number of methoxy groups -OCH3 is 1. The fourth-order valence-corrected chi connectivity index (χ4v) is 5.44. The highest BCUT2D eigenvalue weighted by Crippen LogP contribution is 2.47. The molecule has 3 rings (SSSR count). The molecule has 0 saturated carbocycles. The van der Waals surface area contributed by atoms with Crippen molar-refractivity contribution in [2.24, 2.45) is 0 Å². The standard InChI is InChI=1S/C25H39NO4Si/c1-8-9-10-11-18-14-17-15-20-19(23(29-16-28-5)22(17)24(27)26-18)12-13-21(20)30-31(6,7)25(2,3)4/h14-15,21H,8-13,16H2,1-7H3,(H,26,27). The van der Waals surface area contributed by atoms with E-state index in [2.05, 4.69) is 57.9 Å². The number of aromatic amines is 1. The summed E-state index contributed by atoms with van der Waals surface area (Å²) in [4.78, 5) is 16.1. The van der Waals surface area contributed by atoms with E-state index in [-0.39, 0.29) is 23.5 Å². The van der Waals surface area contributed by atoms with E-state index in [9.17, 15) is 4.79 Å². The number of benzene rings is 1. The Kier molecular flexibility index (Phi) is 7.34. The Morgan fingerprint density at radius 2 is 1.94 bits per heavy atom. The fourth-order valence-electron chi connectivity index (χ4n) is 4.13. The summed E-state index contributed by atoms with van der Waals surface area (Å²) in [6.07, 6.45) is 6.10. The number of hydrogen-bond acceptors (Lipinski definition) is 4. The number of nitrogens with one attached hydrogen (secondary N) is 1. The molecule has 1 aromatic carbocycles. The fraction of sp³-hybridized carbons (Fsp3) is 0.640. The molecular formula is C25H39NO4Si. The number of fused-ring (bicyclic) bond motifs is 2. The van der Waals surface area contributed by atoms with Gasteiger partial charge in [0, 0.05) is 18.4 Å². The van der Waals surface area contributed by atoms with Crippen molar-refractivity contribution in [3.63, 3.8) is 0 Å². The molecular weight excluding hydrogens is 406 g/mol. The van der Waals surface area contributed by atoms with E-state index in [0.29, 0.717) is 11.1 Å². The average molecular weight is 446 g/mol. The van der Waals surface area contributed by atoms with Gasteiger partial charge in [-0.1, -0.05) is 40.5 Å². The van der Waals surface area contributed by atoms with Crippen LogP contribution in [0.3, 0.4) is 0 Å². The first-order chi connectivity index (χ1) is 14.6. The van der Waals surface area contributed by atoms with Gasteiger partial charge in [-0.25, -0.2) is 0 Å². The van der Waals surface area contributed by atoms with Gasteiger partial charge in [-0.05, 0) is 66.9 Å². The molecule has 1 N–H and O–H groups in total. The van der Waals surface area contributed by atoms with Crippen molar-refractivity contribution in [2.75, 3.05) is 13.9 Å². The molecule has 31 heavy (non-hydrogen) atoms. The van der Waals surface area contributed by atoms with E-state index >= 15 is 0 Å². The van der Waals surface area contributed by atoms with Gasteiger partial charge in [-0.15, -0.1) is 0 Å². The molecule has 5 nitrogen and oxygen atoms in total. The van der Waals surface area contributed by atoms with Crippen LogP contribution >= 0.6 is 0 Å². The molecule has 0 radical (unpaired) electrons. The van der Waals surface area contributed by atoms with Gasteiger partial charge < -0.3 is 18.9 Å². The van der Waals surface area contributed by atoms with Crippen molar-refractivity contribution in [1.29, 1.82) is 0 Å². The van der Waals surface area contributed by atoms with Crippen molar-refractivity contribution in [2.45, 2.75) is 90.5 Å². The molecule has 0 bridgehead atoms. The third-order valence-corrected chi connectivity index (χ3v) is 11.4. The third-order valence-electron chi connectivity index (χ3n) is 6.90. The molecule has 0 aliphatic heterocycles. The number of aryl methyl sites for hydroxylation is 1. The van der Waals surface area contributed by atoms with E-state index in [1.54, 1.807) is 7.11 Å². The molecule has 1 aliphatic rings. The number of ether oxygens (including phenoxy) is 2. The Morgan fingerprint density at radius 1 is 1.19 bits per heavy atom. The summed E-state index contributed by atoms with van der Waals surface area (Å²) in [5.74, 6) is 0.664. The van der Waals surface area contributed by atoms with E-state index in [1.165, 1.54) is 5.56 Å². The SMILES string of the molecule is CCCCCc1cc2cc3c(c(OCOC)c2c(=O)[nH]1)CCC3O[Si](C)(C)C(C)(C)C. The summed E-state index contributed by atoms with van der Waals surface area (Å²) < 4.78 is 18.0. The van der Waals surface area contributed by atoms with Crippen LogP contribution in [0.1, 0.15) is 76.3 Å². The molecule has 1 aromatic heterocycles. The second-order valence-corrected chi connectivity index (χ2v) is 15.0. The summed E-state index contributed by atoms with van der Waals surface area (Å²) >= 11 is 0. The lowest BCUT2D eigenvalue weighted by Gasteiger charge is -2.38. The Labute approximate surface area is 187 Å². The smallest absolute Gasteiger partial charge is 0.259 e. The quantitative estimate of drug-likeness (QED) is 0.281.